The average Bonchev–Trinajstić information content (AvgIpc) is 3.09. The average molecular weight is 542 g/mol. The number of aromatic nitrogens is 2. The molecule has 14 nitrogen and oxygen atoms in total. The zero-order valence-electron chi connectivity index (χ0n) is 19.9. The SMILES string of the molecule is CCOC(=O)[C@H](C)CP(=O)(OC[C@@]1(N=[N+]=N)O[C@@H](n2ccc(=O)[nH]c2=O)[C@H](O)[C@@H]1F)Oc1ccccc1. The Labute approximate surface area is 209 Å². The lowest BCUT2D eigenvalue weighted by Gasteiger charge is -2.25. The lowest BCUT2D eigenvalue weighted by Crippen LogP contribution is -2.43. The number of nitrogens with one attached hydrogen (secondary N) is 2. The largest absolute Gasteiger partial charge is 0.466 e. The number of nitrogens with zero attached hydrogens (tertiary/aromatic N) is 3. The first-order valence-electron chi connectivity index (χ1n) is 11.1. The van der Waals surface area contributed by atoms with Gasteiger partial charge in [-0.1, -0.05) is 25.1 Å². The van der Waals surface area contributed by atoms with Crippen molar-refractivity contribution in [2.45, 2.75) is 38.1 Å². The summed E-state index contributed by atoms with van der Waals surface area (Å²) < 4.78 is 51.3. The van der Waals surface area contributed by atoms with Crippen LogP contribution in [0.1, 0.15) is 20.1 Å². The summed E-state index contributed by atoms with van der Waals surface area (Å²) in [5, 5.41) is 13.9. The summed E-state index contributed by atoms with van der Waals surface area (Å²) in [7, 11) is -4.26. The molecule has 3 N–H and O–H groups in total. The Morgan fingerprint density at radius 3 is 2.70 bits per heavy atom. The standard InChI is InChI=1S/C21H25FN5O9P/c1-3-33-19(30)13(2)11-37(32,36-14-7-5-4-6-8-14)34-12-21(25-26-23)17(22)16(29)18(35-21)27-10-9-15(28)24-20(27)31/h4-10,13,16-18,23,29H,3,11-12H2,1-2H3/p+1/t13-,16-,17+,18-,21-,37?/m1/s1. The summed E-state index contributed by atoms with van der Waals surface area (Å²) in [5.74, 6) is -1.50. The van der Waals surface area contributed by atoms with E-state index in [0.29, 0.717) is 4.57 Å². The Bertz CT molecular complexity index is 1320. The molecule has 1 saturated heterocycles. The van der Waals surface area contributed by atoms with Gasteiger partial charge in [0.2, 0.25) is 4.91 Å². The topological polar surface area (TPSA) is 196 Å². The normalized spacial score (nSPS) is 25.5. The van der Waals surface area contributed by atoms with E-state index in [2.05, 4.69) is 10.0 Å². The Morgan fingerprint density at radius 2 is 2.08 bits per heavy atom. The highest BCUT2D eigenvalue weighted by Gasteiger charge is 2.62. The summed E-state index contributed by atoms with van der Waals surface area (Å²) in [4.78, 5) is 40.5. The first-order chi connectivity index (χ1) is 17.5. The van der Waals surface area contributed by atoms with E-state index in [-0.39, 0.29) is 12.4 Å². The Kier molecular flexibility index (Phi) is 8.89. The molecule has 16 heteroatoms. The van der Waals surface area contributed by atoms with Gasteiger partial charge in [0.15, 0.2) is 17.5 Å². The summed E-state index contributed by atoms with van der Waals surface area (Å²) in [6.45, 7) is 2.14. The van der Waals surface area contributed by atoms with Gasteiger partial charge in [0.05, 0.1) is 18.7 Å². The molecule has 6 atom stereocenters. The summed E-state index contributed by atoms with van der Waals surface area (Å²) in [6.07, 6.45) is -5.65. The number of aromatic amines is 1. The third-order valence-corrected chi connectivity index (χ3v) is 7.34. The van der Waals surface area contributed by atoms with Crippen LogP contribution in [0.25, 0.3) is 0 Å². The van der Waals surface area contributed by atoms with Crippen molar-refractivity contribution in [2.75, 3.05) is 19.4 Å². The molecule has 0 amide bonds. The Morgan fingerprint density at radius 1 is 1.38 bits per heavy atom. The lowest BCUT2D eigenvalue weighted by atomic mass is 10.1. The van der Waals surface area contributed by atoms with Crippen LogP contribution in [0.5, 0.6) is 5.75 Å². The van der Waals surface area contributed by atoms with Gasteiger partial charge in [-0.15, -0.1) is 0 Å². The smallest absolute Gasteiger partial charge is 0.380 e. The fourth-order valence-electron chi connectivity index (χ4n) is 3.55. The second-order valence-corrected chi connectivity index (χ2v) is 10.1. The minimum absolute atomic E-state index is 0.0850. The number of halogens is 1. The number of benzene rings is 1. The van der Waals surface area contributed by atoms with Crippen LogP contribution in [-0.2, 0) is 23.4 Å². The van der Waals surface area contributed by atoms with Crippen LogP contribution >= 0.6 is 7.60 Å². The van der Waals surface area contributed by atoms with E-state index in [4.69, 9.17) is 24.1 Å². The fraction of sp³-hybridized carbons (Fsp3) is 0.476. The quantitative estimate of drug-likeness (QED) is 0.163. The van der Waals surface area contributed by atoms with Crippen LogP contribution in [0.4, 0.5) is 4.39 Å². The van der Waals surface area contributed by atoms with E-state index in [1.54, 1.807) is 25.1 Å². The van der Waals surface area contributed by atoms with Gasteiger partial charge in [0, 0.05) is 12.3 Å². The number of aliphatic hydroxyl groups is 1. The zero-order valence-corrected chi connectivity index (χ0v) is 20.7. The van der Waals surface area contributed by atoms with Crippen LogP contribution < -0.4 is 20.7 Å². The van der Waals surface area contributed by atoms with E-state index in [0.717, 1.165) is 12.3 Å². The van der Waals surface area contributed by atoms with Crippen molar-refractivity contribution in [1.29, 1.82) is 5.53 Å². The van der Waals surface area contributed by atoms with Gasteiger partial charge in [-0.25, -0.2) is 13.8 Å². The van der Waals surface area contributed by atoms with Gasteiger partial charge in [-0.2, -0.15) is 0 Å². The third kappa shape index (κ3) is 6.45. The second-order valence-electron chi connectivity index (χ2n) is 8.09. The molecule has 1 fully saturated rings. The first kappa shape index (κ1) is 28.1. The second kappa shape index (κ2) is 11.7. The van der Waals surface area contributed by atoms with E-state index in [9.17, 15) is 24.1 Å². The van der Waals surface area contributed by atoms with Crippen molar-refractivity contribution >= 4 is 13.6 Å². The molecule has 0 aliphatic carbocycles. The van der Waals surface area contributed by atoms with E-state index in [1.807, 2.05) is 4.98 Å². The third-order valence-electron chi connectivity index (χ3n) is 5.33. The number of esters is 1. The van der Waals surface area contributed by atoms with Crippen molar-refractivity contribution in [3.8, 4) is 5.75 Å². The van der Waals surface area contributed by atoms with Crippen LogP contribution in [-0.4, -0.2) is 58.0 Å². The van der Waals surface area contributed by atoms with Crippen molar-refractivity contribution in [3.63, 3.8) is 0 Å². The number of carbonyl (C=O) groups is 1. The molecule has 0 radical (unpaired) electrons. The molecular formula is C21H26FN5O9P+. The molecule has 37 heavy (non-hydrogen) atoms. The van der Waals surface area contributed by atoms with Crippen LogP contribution in [0, 0.1) is 11.4 Å². The van der Waals surface area contributed by atoms with Crippen molar-refractivity contribution in [3.05, 3.63) is 63.4 Å². The zero-order chi connectivity index (χ0) is 27.2. The van der Waals surface area contributed by atoms with Crippen LogP contribution in [0.2, 0.25) is 0 Å². The maximum absolute atomic E-state index is 15.4. The lowest BCUT2D eigenvalue weighted by molar-refractivity contribution is -0.146. The first-order valence-corrected chi connectivity index (χ1v) is 12.8. The van der Waals surface area contributed by atoms with Gasteiger partial charge in [0.1, 0.15) is 24.0 Å². The maximum atomic E-state index is 15.4. The van der Waals surface area contributed by atoms with E-state index >= 15 is 4.39 Å². The molecular weight excluding hydrogens is 516 g/mol. The van der Waals surface area contributed by atoms with Gasteiger partial charge in [-0.05, 0) is 19.1 Å². The number of carbonyl (C=O) groups excluding carboxylic acids is 1. The van der Waals surface area contributed by atoms with Crippen LogP contribution in [0.3, 0.4) is 0 Å². The number of H-pyrrole nitrogens is 1. The van der Waals surface area contributed by atoms with E-state index < -0.39 is 67.7 Å². The van der Waals surface area contributed by atoms with Crippen molar-refractivity contribution < 1.29 is 37.4 Å². The molecule has 3 rings (SSSR count). The highest BCUT2D eigenvalue weighted by atomic mass is 31.2. The minimum Gasteiger partial charge on any atom is -0.466 e. The van der Waals surface area contributed by atoms with Gasteiger partial charge < -0.3 is 19.1 Å². The van der Waals surface area contributed by atoms with Gasteiger partial charge in [0.25, 0.3) is 5.56 Å². The predicted octanol–water partition coefficient (Wildman–Crippen LogP) is 1.50. The van der Waals surface area contributed by atoms with Crippen LogP contribution in [0.15, 0.2) is 57.3 Å². The Balaban J connectivity index is 1.91. The number of rotatable bonds is 11. The van der Waals surface area contributed by atoms with Crippen molar-refractivity contribution in [2.24, 2.45) is 11.0 Å². The molecule has 2 heterocycles. The predicted molar refractivity (Wildman–Crippen MR) is 124 cm³/mol. The fourth-order valence-corrected chi connectivity index (χ4v) is 5.43. The molecule has 2 aromatic rings. The van der Waals surface area contributed by atoms with E-state index in [1.165, 1.54) is 19.1 Å². The minimum atomic E-state index is -4.26. The maximum Gasteiger partial charge on any atom is 0.380 e. The van der Waals surface area contributed by atoms with Gasteiger partial charge in [-0.3, -0.25) is 23.7 Å². The summed E-state index contributed by atoms with van der Waals surface area (Å²) in [5.41, 5.74) is 2.85. The summed E-state index contributed by atoms with van der Waals surface area (Å²) >= 11 is 0. The molecule has 0 bridgehead atoms. The number of hydrogen-bond acceptors (Lipinski definition) is 11. The molecule has 0 saturated carbocycles. The monoisotopic (exact) mass is 542 g/mol. The Hall–Kier alpha value is -3.48. The summed E-state index contributed by atoms with van der Waals surface area (Å²) in [6, 6.07) is 8.80. The molecule has 1 aliphatic heterocycles. The highest BCUT2D eigenvalue weighted by molar-refractivity contribution is 7.54. The number of alkyl halides is 1. The van der Waals surface area contributed by atoms with Gasteiger partial charge >= 0.3 is 25.0 Å². The molecule has 1 unspecified atom stereocenters. The molecule has 0 spiro atoms. The number of para-hydroxylation sites is 1. The molecule has 1 aliphatic rings. The number of aliphatic hydroxyl groups excluding tert-OH is 1. The molecule has 200 valence electrons. The number of hydrogen-bond donors (Lipinski definition) is 3. The highest BCUT2D eigenvalue weighted by Crippen LogP contribution is 2.52. The molecule has 1 aromatic carbocycles. The van der Waals surface area contributed by atoms with Crippen molar-refractivity contribution in [1.82, 2.24) is 14.5 Å². The number of ether oxygens (including phenoxy) is 2. The molecule has 1 aromatic heterocycles.